The number of amides is 1. The van der Waals surface area contributed by atoms with Gasteiger partial charge in [0.1, 0.15) is 11.5 Å². The average Bonchev–Trinajstić information content (AvgIpc) is 3.64. The van der Waals surface area contributed by atoms with Crippen LogP contribution in [0.15, 0.2) is 60.9 Å². The van der Waals surface area contributed by atoms with E-state index >= 15 is 0 Å². The van der Waals surface area contributed by atoms with Gasteiger partial charge in [0.25, 0.3) is 0 Å². The number of aromatic amines is 1. The van der Waals surface area contributed by atoms with E-state index in [0.717, 1.165) is 27.9 Å². The number of halogens is 3. The van der Waals surface area contributed by atoms with Crippen molar-refractivity contribution in [3.05, 3.63) is 66.5 Å². The highest BCUT2D eigenvalue weighted by Crippen LogP contribution is 2.54. The van der Waals surface area contributed by atoms with Crippen LogP contribution in [-0.4, -0.2) is 54.3 Å². The topological polar surface area (TPSA) is 57.8 Å². The SMILES string of the molecule is C=C(CN1C(=O)C2(CCC(Oc3ccc4[nH]ccc4c3)CC2)c2c(OC)cccc21)N1CCCC1CC(F)(F)F. The molecule has 1 atom stereocenters. The molecule has 6 nitrogen and oxygen atoms in total. The number of rotatable bonds is 7. The van der Waals surface area contributed by atoms with Crippen LogP contribution in [0.5, 0.6) is 11.5 Å². The summed E-state index contributed by atoms with van der Waals surface area (Å²) >= 11 is 0. The molecule has 1 amide bonds. The molecule has 1 aliphatic carbocycles. The lowest BCUT2D eigenvalue weighted by molar-refractivity contribution is -0.144. The number of alkyl halides is 3. The summed E-state index contributed by atoms with van der Waals surface area (Å²) in [7, 11) is 1.60. The number of nitrogens with zero attached hydrogens (tertiary/aromatic N) is 2. The Morgan fingerprint density at radius 2 is 1.95 bits per heavy atom. The van der Waals surface area contributed by atoms with Crippen molar-refractivity contribution in [1.82, 2.24) is 9.88 Å². The van der Waals surface area contributed by atoms with Crippen molar-refractivity contribution >= 4 is 22.5 Å². The molecule has 1 aromatic heterocycles. The second kappa shape index (κ2) is 10.1. The van der Waals surface area contributed by atoms with E-state index in [-0.39, 0.29) is 18.6 Å². The molecule has 40 heavy (non-hydrogen) atoms. The molecule has 3 heterocycles. The molecule has 1 saturated carbocycles. The molecule has 9 heteroatoms. The van der Waals surface area contributed by atoms with Crippen molar-refractivity contribution in [2.75, 3.05) is 25.1 Å². The van der Waals surface area contributed by atoms with Crippen LogP contribution >= 0.6 is 0 Å². The van der Waals surface area contributed by atoms with Crippen LogP contribution in [0.3, 0.4) is 0 Å². The lowest BCUT2D eigenvalue weighted by atomic mass is 9.69. The normalized spacial score (nSPS) is 24.6. The van der Waals surface area contributed by atoms with Gasteiger partial charge >= 0.3 is 6.18 Å². The average molecular weight is 554 g/mol. The van der Waals surface area contributed by atoms with Crippen molar-refractivity contribution < 1.29 is 27.4 Å². The number of methoxy groups -OCH3 is 1. The minimum absolute atomic E-state index is 0.0234. The molecule has 2 aromatic carbocycles. The number of hydrogen-bond donors (Lipinski definition) is 1. The van der Waals surface area contributed by atoms with E-state index in [4.69, 9.17) is 9.47 Å². The van der Waals surface area contributed by atoms with Crippen molar-refractivity contribution in [2.45, 2.75) is 68.7 Å². The Kier molecular flexibility index (Phi) is 6.71. The van der Waals surface area contributed by atoms with Crippen LogP contribution in [0, 0.1) is 0 Å². The van der Waals surface area contributed by atoms with Gasteiger partial charge in [0.15, 0.2) is 0 Å². The second-order valence-corrected chi connectivity index (χ2v) is 11.2. The maximum Gasteiger partial charge on any atom is 0.391 e. The number of anilines is 1. The Balaban J connectivity index is 1.22. The Labute approximate surface area is 231 Å². The molecule has 3 aromatic rings. The summed E-state index contributed by atoms with van der Waals surface area (Å²) in [5, 5.41) is 1.08. The zero-order valence-corrected chi connectivity index (χ0v) is 22.6. The Morgan fingerprint density at radius 3 is 2.70 bits per heavy atom. The molecule has 2 aliphatic heterocycles. The number of H-pyrrole nitrogens is 1. The fourth-order valence-corrected chi connectivity index (χ4v) is 6.99. The van der Waals surface area contributed by atoms with Gasteiger partial charge in [-0.1, -0.05) is 12.6 Å². The van der Waals surface area contributed by atoms with Gasteiger partial charge in [-0.15, -0.1) is 0 Å². The standard InChI is InChI=1S/C31H34F3N3O3/c1-20(36-16-4-5-22(36)18-31(32,33)34)19-37-26-6-3-7-27(39-2)28(26)30(29(37)38)13-10-23(11-14-30)40-24-8-9-25-21(17-24)12-15-35-25/h3,6-9,12,15,17,22-23,35H,1,4-5,10-11,13-14,16,18-19H2,2H3. The lowest BCUT2D eigenvalue weighted by Crippen LogP contribution is -2.46. The van der Waals surface area contributed by atoms with E-state index in [1.54, 1.807) is 16.9 Å². The van der Waals surface area contributed by atoms with Gasteiger partial charge in [0.05, 0.1) is 37.3 Å². The van der Waals surface area contributed by atoms with Gasteiger partial charge in [-0.05, 0) is 74.9 Å². The van der Waals surface area contributed by atoms with Gasteiger partial charge in [-0.3, -0.25) is 4.79 Å². The van der Waals surface area contributed by atoms with Crippen LogP contribution in [0.2, 0.25) is 0 Å². The number of carbonyl (C=O) groups is 1. The van der Waals surface area contributed by atoms with Crippen molar-refractivity contribution in [1.29, 1.82) is 0 Å². The zero-order valence-electron chi connectivity index (χ0n) is 22.6. The molecular weight excluding hydrogens is 519 g/mol. The predicted molar refractivity (Wildman–Crippen MR) is 148 cm³/mol. The summed E-state index contributed by atoms with van der Waals surface area (Å²) in [6.07, 6.45) is 0.507. The zero-order chi connectivity index (χ0) is 28.1. The molecule has 1 spiro atoms. The van der Waals surface area contributed by atoms with E-state index in [2.05, 4.69) is 11.6 Å². The van der Waals surface area contributed by atoms with E-state index in [1.165, 1.54) is 0 Å². The van der Waals surface area contributed by atoms with Gasteiger partial charge in [-0.25, -0.2) is 0 Å². The van der Waals surface area contributed by atoms with E-state index < -0.39 is 24.1 Å². The number of hydrogen-bond acceptors (Lipinski definition) is 4. The molecular formula is C31H34F3N3O3. The van der Waals surface area contributed by atoms with Crippen LogP contribution in [0.25, 0.3) is 10.9 Å². The number of nitrogens with one attached hydrogen (secondary N) is 1. The molecule has 0 bridgehead atoms. The van der Waals surface area contributed by atoms with Gasteiger partial charge in [0.2, 0.25) is 5.91 Å². The van der Waals surface area contributed by atoms with Crippen molar-refractivity contribution in [2.24, 2.45) is 0 Å². The van der Waals surface area contributed by atoms with Crippen molar-refractivity contribution in [3.63, 3.8) is 0 Å². The number of ether oxygens (including phenoxy) is 2. The number of carbonyl (C=O) groups excluding carboxylic acids is 1. The van der Waals surface area contributed by atoms with Crippen LogP contribution in [0.4, 0.5) is 18.9 Å². The third kappa shape index (κ3) is 4.69. The summed E-state index contributed by atoms with van der Waals surface area (Å²) < 4.78 is 51.7. The summed E-state index contributed by atoms with van der Waals surface area (Å²) in [5.41, 5.74) is 2.46. The molecule has 1 unspecified atom stereocenters. The molecule has 0 radical (unpaired) electrons. The molecule has 212 valence electrons. The third-order valence-electron chi connectivity index (χ3n) is 8.85. The Hall–Kier alpha value is -3.62. The number of fused-ring (bicyclic) bond motifs is 3. The van der Waals surface area contributed by atoms with Crippen LogP contribution in [-0.2, 0) is 10.2 Å². The predicted octanol–water partition coefficient (Wildman–Crippen LogP) is 6.71. The van der Waals surface area contributed by atoms with Crippen LogP contribution in [0.1, 0.15) is 50.5 Å². The molecule has 1 saturated heterocycles. The summed E-state index contributed by atoms with van der Waals surface area (Å²) in [6.45, 7) is 4.83. The van der Waals surface area contributed by atoms with E-state index in [0.29, 0.717) is 56.5 Å². The molecule has 3 aliphatic rings. The summed E-state index contributed by atoms with van der Waals surface area (Å²) in [4.78, 5) is 20.9. The second-order valence-electron chi connectivity index (χ2n) is 11.2. The van der Waals surface area contributed by atoms with Gasteiger partial charge < -0.3 is 24.3 Å². The minimum Gasteiger partial charge on any atom is -0.496 e. The first-order chi connectivity index (χ1) is 19.2. The summed E-state index contributed by atoms with van der Waals surface area (Å²) in [5.74, 6) is 1.43. The molecule has 6 rings (SSSR count). The first-order valence-electron chi connectivity index (χ1n) is 13.9. The number of aromatic nitrogens is 1. The first-order valence-corrected chi connectivity index (χ1v) is 13.9. The highest BCUT2D eigenvalue weighted by Gasteiger charge is 2.54. The van der Waals surface area contributed by atoms with E-state index in [9.17, 15) is 18.0 Å². The van der Waals surface area contributed by atoms with E-state index in [1.807, 2.05) is 48.7 Å². The van der Waals surface area contributed by atoms with Gasteiger partial charge in [-0.2, -0.15) is 13.2 Å². The lowest BCUT2D eigenvalue weighted by Gasteiger charge is -2.37. The van der Waals surface area contributed by atoms with Crippen molar-refractivity contribution in [3.8, 4) is 11.5 Å². The smallest absolute Gasteiger partial charge is 0.391 e. The van der Waals surface area contributed by atoms with Crippen LogP contribution < -0.4 is 14.4 Å². The number of benzene rings is 2. The monoisotopic (exact) mass is 553 g/mol. The Morgan fingerprint density at radius 1 is 1.15 bits per heavy atom. The maximum atomic E-state index is 14.2. The largest absolute Gasteiger partial charge is 0.496 e. The highest BCUT2D eigenvalue weighted by atomic mass is 19.4. The first kappa shape index (κ1) is 26.6. The third-order valence-corrected chi connectivity index (χ3v) is 8.85. The molecule has 2 fully saturated rings. The fourth-order valence-electron chi connectivity index (χ4n) is 6.99. The minimum atomic E-state index is -4.24. The molecule has 1 N–H and O–H groups in total. The fraction of sp³-hybridized carbons (Fsp3) is 0.452. The Bertz CT molecular complexity index is 1420. The number of likely N-dealkylation sites (tertiary alicyclic amines) is 1. The maximum absolute atomic E-state index is 14.2. The quantitative estimate of drug-likeness (QED) is 0.353. The van der Waals surface area contributed by atoms with Gasteiger partial charge in [0, 0.05) is 40.9 Å². The summed E-state index contributed by atoms with van der Waals surface area (Å²) in [6, 6.07) is 13.0. The highest BCUT2D eigenvalue weighted by molar-refractivity contribution is 6.09.